The Bertz CT molecular complexity index is 1240. The summed E-state index contributed by atoms with van der Waals surface area (Å²) in [5.74, 6) is 0.0296. The van der Waals surface area contributed by atoms with Gasteiger partial charge < -0.3 is 5.32 Å². The number of sulfone groups is 1. The molecule has 134 valence electrons. The highest BCUT2D eigenvalue weighted by Gasteiger charge is 2.29. The number of rotatable bonds is 3. The summed E-state index contributed by atoms with van der Waals surface area (Å²) in [6.45, 7) is 1.50. The van der Waals surface area contributed by atoms with Crippen LogP contribution in [0.4, 0.5) is 11.4 Å². The van der Waals surface area contributed by atoms with Gasteiger partial charge in [0.1, 0.15) is 6.07 Å². The topological polar surface area (TPSA) is 99.9 Å². The molecule has 7 heteroatoms. The Hall–Kier alpha value is -3.24. The summed E-state index contributed by atoms with van der Waals surface area (Å²) in [6, 6.07) is 12.3. The van der Waals surface area contributed by atoms with Crippen molar-refractivity contribution in [2.24, 2.45) is 0 Å². The molecule has 0 bridgehead atoms. The number of nitrogens with one attached hydrogen (secondary N) is 1. The van der Waals surface area contributed by atoms with Crippen molar-refractivity contribution >= 4 is 37.9 Å². The zero-order chi connectivity index (χ0) is 19.2. The van der Waals surface area contributed by atoms with Crippen LogP contribution in [-0.2, 0) is 16.3 Å². The van der Waals surface area contributed by atoms with Gasteiger partial charge in [0, 0.05) is 22.8 Å². The molecule has 0 amide bonds. The predicted octanol–water partition coefficient (Wildman–Crippen LogP) is 3.38. The van der Waals surface area contributed by atoms with Gasteiger partial charge in [-0.1, -0.05) is 0 Å². The molecule has 0 saturated carbocycles. The van der Waals surface area contributed by atoms with Crippen LogP contribution in [0.15, 0.2) is 47.5 Å². The summed E-state index contributed by atoms with van der Waals surface area (Å²) >= 11 is 0. The standard InChI is InChI=1S/C20H15N3O3S/c1-12(24)13-2-4-15(5-3-13)23-20-14(10-21)11-22-17-6-7-18-16(19(17)20)8-9-27(18,25)26/h2-7,11H,8-9H2,1H3,(H,22,23). The van der Waals surface area contributed by atoms with Crippen LogP contribution in [0.1, 0.15) is 28.4 Å². The number of aromatic nitrogens is 1. The van der Waals surface area contributed by atoms with Crippen LogP contribution in [0.5, 0.6) is 0 Å². The molecule has 1 N–H and O–H groups in total. The third-order valence-electron chi connectivity index (χ3n) is 4.74. The van der Waals surface area contributed by atoms with E-state index in [9.17, 15) is 18.5 Å². The molecular formula is C20H15N3O3S. The van der Waals surface area contributed by atoms with Crippen molar-refractivity contribution in [3.63, 3.8) is 0 Å². The Balaban J connectivity index is 1.92. The lowest BCUT2D eigenvalue weighted by atomic mass is 10.0. The van der Waals surface area contributed by atoms with E-state index in [-0.39, 0.29) is 11.5 Å². The number of ketones is 1. The zero-order valence-electron chi connectivity index (χ0n) is 14.5. The number of nitrogens with zero attached hydrogens (tertiary/aromatic N) is 2. The maximum absolute atomic E-state index is 12.3. The molecule has 27 heavy (non-hydrogen) atoms. The fourth-order valence-electron chi connectivity index (χ4n) is 3.37. The van der Waals surface area contributed by atoms with Crippen LogP contribution in [0.25, 0.3) is 10.9 Å². The Labute approximate surface area is 156 Å². The minimum absolute atomic E-state index is 0.0309. The van der Waals surface area contributed by atoms with Gasteiger partial charge in [0.25, 0.3) is 0 Å². The SMILES string of the molecule is CC(=O)c1ccc(Nc2c(C#N)cnc3ccc4c(c23)CCS4(=O)=O)cc1. The number of hydrogen-bond donors (Lipinski definition) is 1. The van der Waals surface area contributed by atoms with Crippen molar-refractivity contribution in [1.82, 2.24) is 4.98 Å². The highest BCUT2D eigenvalue weighted by Crippen LogP contribution is 2.38. The van der Waals surface area contributed by atoms with E-state index in [2.05, 4.69) is 16.4 Å². The Kier molecular flexibility index (Phi) is 3.93. The molecule has 0 fully saturated rings. The molecule has 1 aliphatic heterocycles. The summed E-state index contributed by atoms with van der Waals surface area (Å²) in [6.07, 6.45) is 1.87. The Morgan fingerprint density at radius 1 is 1.19 bits per heavy atom. The Morgan fingerprint density at radius 3 is 2.59 bits per heavy atom. The van der Waals surface area contributed by atoms with Crippen molar-refractivity contribution in [3.8, 4) is 6.07 Å². The van der Waals surface area contributed by atoms with Crippen molar-refractivity contribution in [2.45, 2.75) is 18.2 Å². The lowest BCUT2D eigenvalue weighted by molar-refractivity contribution is 0.101. The van der Waals surface area contributed by atoms with E-state index >= 15 is 0 Å². The van der Waals surface area contributed by atoms with Gasteiger partial charge in [-0.2, -0.15) is 5.26 Å². The number of benzene rings is 2. The van der Waals surface area contributed by atoms with Crippen LogP contribution in [0.2, 0.25) is 0 Å². The quantitative estimate of drug-likeness (QED) is 0.702. The second kappa shape index (κ2) is 6.18. The fraction of sp³-hybridized carbons (Fsp3) is 0.150. The molecule has 4 rings (SSSR count). The van der Waals surface area contributed by atoms with E-state index in [0.29, 0.717) is 50.3 Å². The number of carbonyl (C=O) groups is 1. The third-order valence-corrected chi connectivity index (χ3v) is 6.53. The van der Waals surface area contributed by atoms with Gasteiger partial charge >= 0.3 is 0 Å². The molecular weight excluding hydrogens is 362 g/mol. The normalized spacial score (nSPS) is 14.5. The lowest BCUT2D eigenvalue weighted by Crippen LogP contribution is -2.01. The highest BCUT2D eigenvalue weighted by molar-refractivity contribution is 7.91. The first-order chi connectivity index (χ1) is 12.9. The van der Waals surface area contributed by atoms with Crippen molar-refractivity contribution < 1.29 is 13.2 Å². The van der Waals surface area contributed by atoms with Gasteiger partial charge in [-0.3, -0.25) is 9.78 Å². The number of carbonyl (C=O) groups excluding carboxylic acids is 1. The third kappa shape index (κ3) is 2.84. The summed E-state index contributed by atoms with van der Waals surface area (Å²) < 4.78 is 24.6. The van der Waals surface area contributed by atoms with Gasteiger partial charge in [0.2, 0.25) is 0 Å². The van der Waals surface area contributed by atoms with E-state index in [1.165, 1.54) is 13.1 Å². The molecule has 1 aromatic heterocycles. The summed E-state index contributed by atoms with van der Waals surface area (Å²) in [7, 11) is -3.30. The molecule has 2 heterocycles. The maximum atomic E-state index is 12.3. The first-order valence-corrected chi connectivity index (χ1v) is 10.0. The summed E-state index contributed by atoms with van der Waals surface area (Å²) in [5.41, 5.74) is 3.48. The molecule has 0 atom stereocenters. The number of nitriles is 1. The van der Waals surface area contributed by atoms with Gasteiger partial charge in [-0.15, -0.1) is 0 Å². The number of hydrogen-bond acceptors (Lipinski definition) is 6. The average Bonchev–Trinajstić information content (AvgIpc) is 2.97. The minimum Gasteiger partial charge on any atom is -0.354 e. The van der Waals surface area contributed by atoms with E-state index < -0.39 is 9.84 Å². The first kappa shape index (κ1) is 17.2. The molecule has 1 aliphatic rings. The van der Waals surface area contributed by atoms with Gasteiger partial charge in [0.15, 0.2) is 15.6 Å². The largest absolute Gasteiger partial charge is 0.354 e. The monoisotopic (exact) mass is 377 g/mol. The van der Waals surface area contributed by atoms with Crippen LogP contribution < -0.4 is 5.32 Å². The minimum atomic E-state index is -3.30. The van der Waals surface area contributed by atoms with Gasteiger partial charge in [-0.25, -0.2) is 8.42 Å². The lowest BCUT2D eigenvalue weighted by Gasteiger charge is -2.14. The van der Waals surface area contributed by atoms with Crippen LogP contribution in [-0.4, -0.2) is 24.9 Å². The molecule has 0 aliphatic carbocycles. The van der Waals surface area contributed by atoms with Gasteiger partial charge in [-0.05, 0) is 55.3 Å². The molecule has 2 aromatic carbocycles. The van der Waals surface area contributed by atoms with Crippen molar-refractivity contribution in [3.05, 3.63) is 59.3 Å². The van der Waals surface area contributed by atoms with E-state index in [4.69, 9.17) is 0 Å². The van der Waals surface area contributed by atoms with Crippen LogP contribution >= 0.6 is 0 Å². The Morgan fingerprint density at radius 2 is 1.93 bits per heavy atom. The molecule has 3 aromatic rings. The molecule has 0 spiro atoms. The summed E-state index contributed by atoms with van der Waals surface area (Å²) in [4.78, 5) is 16.1. The van der Waals surface area contributed by atoms with Crippen LogP contribution in [0.3, 0.4) is 0 Å². The second-order valence-electron chi connectivity index (χ2n) is 6.42. The molecule has 0 radical (unpaired) electrons. The van der Waals surface area contributed by atoms with Crippen molar-refractivity contribution in [2.75, 3.05) is 11.1 Å². The maximum Gasteiger partial charge on any atom is 0.179 e. The number of pyridine rings is 1. The molecule has 6 nitrogen and oxygen atoms in total. The van der Waals surface area contributed by atoms with Crippen molar-refractivity contribution in [1.29, 1.82) is 5.26 Å². The predicted molar refractivity (Wildman–Crippen MR) is 102 cm³/mol. The zero-order valence-corrected chi connectivity index (χ0v) is 15.3. The van der Waals surface area contributed by atoms with E-state index in [1.54, 1.807) is 36.4 Å². The molecule has 0 unspecified atom stereocenters. The number of aryl methyl sites for hydroxylation is 1. The van der Waals surface area contributed by atoms with Gasteiger partial charge in [0.05, 0.1) is 27.4 Å². The summed E-state index contributed by atoms with van der Waals surface area (Å²) in [5, 5.41) is 13.4. The first-order valence-electron chi connectivity index (χ1n) is 8.36. The fourth-order valence-corrected chi connectivity index (χ4v) is 4.92. The second-order valence-corrected chi connectivity index (χ2v) is 8.50. The highest BCUT2D eigenvalue weighted by atomic mass is 32.2. The number of fused-ring (bicyclic) bond motifs is 3. The van der Waals surface area contributed by atoms with E-state index in [1.807, 2.05) is 0 Å². The smallest absolute Gasteiger partial charge is 0.179 e. The molecule has 0 saturated heterocycles. The number of anilines is 2. The number of Topliss-reactive ketones (excluding diaryl/α,β-unsaturated/α-hetero) is 1. The average molecular weight is 377 g/mol. The van der Waals surface area contributed by atoms with E-state index in [0.717, 1.165) is 0 Å². The van der Waals surface area contributed by atoms with Crippen LogP contribution in [0, 0.1) is 11.3 Å².